The van der Waals surface area contributed by atoms with E-state index in [1.807, 2.05) is 0 Å². The number of nitrogens with zero attached hydrogens (tertiary/aromatic N) is 1. The number of nitrogens with one attached hydrogen (secondary N) is 1. The molecular weight excluding hydrogens is 339 g/mol. The van der Waals surface area contributed by atoms with E-state index in [1.54, 1.807) is 17.0 Å². The predicted octanol–water partition coefficient (Wildman–Crippen LogP) is 1.85. The lowest BCUT2D eigenvalue weighted by Gasteiger charge is -2.35. The molecule has 0 radical (unpaired) electrons. The van der Waals surface area contributed by atoms with Crippen molar-refractivity contribution in [2.24, 2.45) is 0 Å². The Kier molecular flexibility index (Phi) is 6.43. The molecule has 1 aromatic carbocycles. The Labute approximate surface area is 140 Å². The molecule has 23 heavy (non-hydrogen) atoms. The van der Waals surface area contributed by atoms with E-state index in [1.165, 1.54) is 23.9 Å². The van der Waals surface area contributed by atoms with Gasteiger partial charge in [-0.2, -0.15) is 0 Å². The summed E-state index contributed by atoms with van der Waals surface area (Å²) >= 11 is 1.36. The second kappa shape index (κ2) is 8.12. The van der Waals surface area contributed by atoms with Gasteiger partial charge in [-0.15, -0.1) is 11.8 Å². The van der Waals surface area contributed by atoms with Crippen LogP contribution in [0.15, 0.2) is 29.2 Å². The van der Waals surface area contributed by atoms with Crippen LogP contribution in [0.25, 0.3) is 0 Å². The van der Waals surface area contributed by atoms with Crippen LogP contribution in [0.5, 0.6) is 0 Å². The van der Waals surface area contributed by atoms with Crippen molar-refractivity contribution >= 4 is 27.7 Å². The molecule has 0 unspecified atom stereocenters. The van der Waals surface area contributed by atoms with Crippen molar-refractivity contribution in [3.8, 4) is 0 Å². The second-order valence-corrected chi connectivity index (χ2v) is 8.48. The highest BCUT2D eigenvalue weighted by atomic mass is 32.2. The Morgan fingerprint density at radius 3 is 2.70 bits per heavy atom. The van der Waals surface area contributed by atoms with E-state index in [-0.39, 0.29) is 30.1 Å². The third kappa shape index (κ3) is 6.12. The summed E-state index contributed by atoms with van der Waals surface area (Å²) in [7, 11) is -3.26. The molecule has 1 atom stereocenters. The Morgan fingerprint density at radius 2 is 2.04 bits per heavy atom. The SMILES string of the molecule is CS(=O)(=O)NC[C@@H]1CCCCN1C(=O)CSc1ccc(F)cc1. The maximum absolute atomic E-state index is 12.9. The van der Waals surface area contributed by atoms with E-state index >= 15 is 0 Å². The molecule has 1 aromatic rings. The van der Waals surface area contributed by atoms with Gasteiger partial charge in [0.15, 0.2) is 0 Å². The highest BCUT2D eigenvalue weighted by Gasteiger charge is 2.27. The molecule has 1 saturated heterocycles. The van der Waals surface area contributed by atoms with Crippen LogP contribution in [-0.2, 0) is 14.8 Å². The molecule has 128 valence electrons. The fraction of sp³-hybridized carbons (Fsp3) is 0.533. The summed E-state index contributed by atoms with van der Waals surface area (Å²) < 4.78 is 37.8. The Balaban J connectivity index is 1.90. The first-order chi connectivity index (χ1) is 10.8. The molecular formula is C15H21FN2O3S2. The van der Waals surface area contributed by atoms with E-state index in [0.717, 1.165) is 30.4 Å². The molecule has 5 nitrogen and oxygen atoms in total. The first kappa shape index (κ1) is 18.2. The minimum Gasteiger partial charge on any atom is -0.338 e. The number of amides is 1. The number of rotatable bonds is 6. The van der Waals surface area contributed by atoms with Gasteiger partial charge in [-0.1, -0.05) is 0 Å². The zero-order chi connectivity index (χ0) is 16.9. The van der Waals surface area contributed by atoms with Crippen LogP contribution >= 0.6 is 11.8 Å². The van der Waals surface area contributed by atoms with Gasteiger partial charge in [0.05, 0.1) is 12.0 Å². The van der Waals surface area contributed by atoms with E-state index < -0.39 is 10.0 Å². The number of likely N-dealkylation sites (tertiary alicyclic amines) is 1. The van der Waals surface area contributed by atoms with Crippen molar-refractivity contribution in [3.05, 3.63) is 30.1 Å². The summed E-state index contributed by atoms with van der Waals surface area (Å²) in [6, 6.07) is 5.93. The number of carbonyl (C=O) groups excluding carboxylic acids is 1. The molecule has 1 aliphatic rings. The topological polar surface area (TPSA) is 66.5 Å². The molecule has 1 amide bonds. The van der Waals surface area contributed by atoms with Gasteiger partial charge in [0.1, 0.15) is 5.82 Å². The van der Waals surface area contributed by atoms with Crippen molar-refractivity contribution in [3.63, 3.8) is 0 Å². The lowest BCUT2D eigenvalue weighted by molar-refractivity contribution is -0.131. The molecule has 1 heterocycles. The average molecular weight is 360 g/mol. The van der Waals surface area contributed by atoms with Gasteiger partial charge in [0.25, 0.3) is 0 Å². The molecule has 0 saturated carbocycles. The zero-order valence-corrected chi connectivity index (χ0v) is 14.6. The van der Waals surface area contributed by atoms with Crippen molar-refractivity contribution in [2.75, 3.05) is 25.1 Å². The van der Waals surface area contributed by atoms with Gasteiger partial charge < -0.3 is 4.90 Å². The van der Waals surface area contributed by atoms with Gasteiger partial charge in [-0.25, -0.2) is 17.5 Å². The van der Waals surface area contributed by atoms with Crippen LogP contribution in [0.2, 0.25) is 0 Å². The van der Waals surface area contributed by atoms with Gasteiger partial charge in [-0.3, -0.25) is 4.79 Å². The summed E-state index contributed by atoms with van der Waals surface area (Å²) in [6.07, 6.45) is 3.84. The maximum Gasteiger partial charge on any atom is 0.233 e. The number of thioether (sulfide) groups is 1. The standard InChI is InChI=1S/C15H21FN2O3S2/c1-23(20,21)17-10-13-4-2-3-9-18(13)15(19)11-22-14-7-5-12(16)6-8-14/h5-8,13,17H,2-4,9-11H2,1H3/t13-/m0/s1. The van der Waals surface area contributed by atoms with Gasteiger partial charge in [0, 0.05) is 24.0 Å². The van der Waals surface area contributed by atoms with Crippen molar-refractivity contribution < 1.29 is 17.6 Å². The van der Waals surface area contributed by atoms with Crippen LogP contribution in [0.1, 0.15) is 19.3 Å². The number of carbonyl (C=O) groups is 1. The van der Waals surface area contributed by atoms with Crippen molar-refractivity contribution in [1.29, 1.82) is 0 Å². The first-order valence-corrected chi connectivity index (χ1v) is 10.4. The molecule has 1 fully saturated rings. The van der Waals surface area contributed by atoms with Gasteiger partial charge in [0.2, 0.25) is 15.9 Å². The normalized spacial score (nSPS) is 18.9. The van der Waals surface area contributed by atoms with Gasteiger partial charge >= 0.3 is 0 Å². The number of hydrogen-bond donors (Lipinski definition) is 1. The quantitative estimate of drug-likeness (QED) is 0.786. The van der Waals surface area contributed by atoms with Crippen LogP contribution in [0.4, 0.5) is 4.39 Å². The molecule has 1 N–H and O–H groups in total. The number of hydrogen-bond acceptors (Lipinski definition) is 4. The third-order valence-electron chi connectivity index (χ3n) is 3.70. The summed E-state index contributed by atoms with van der Waals surface area (Å²) in [5.74, 6) is -0.0518. The van der Waals surface area contributed by atoms with E-state index in [4.69, 9.17) is 0 Å². The lowest BCUT2D eigenvalue weighted by Crippen LogP contribution is -2.49. The van der Waals surface area contributed by atoms with E-state index in [2.05, 4.69) is 4.72 Å². The number of benzene rings is 1. The number of sulfonamides is 1. The first-order valence-electron chi connectivity index (χ1n) is 7.47. The summed E-state index contributed by atoms with van der Waals surface area (Å²) in [5, 5.41) is 0. The Hall–Kier alpha value is -1.12. The highest BCUT2D eigenvalue weighted by Crippen LogP contribution is 2.22. The predicted molar refractivity (Wildman–Crippen MR) is 89.3 cm³/mol. The summed E-state index contributed by atoms with van der Waals surface area (Å²) in [6.45, 7) is 0.907. The maximum atomic E-state index is 12.9. The molecule has 2 rings (SSSR count). The van der Waals surface area contributed by atoms with Crippen LogP contribution in [-0.4, -0.2) is 50.4 Å². The lowest BCUT2D eigenvalue weighted by atomic mass is 10.0. The van der Waals surface area contributed by atoms with Crippen LogP contribution in [0.3, 0.4) is 0 Å². The minimum atomic E-state index is -3.26. The molecule has 8 heteroatoms. The van der Waals surface area contributed by atoms with Gasteiger partial charge in [-0.05, 0) is 43.5 Å². The number of piperidine rings is 1. The molecule has 0 aromatic heterocycles. The molecule has 0 aliphatic carbocycles. The summed E-state index contributed by atoms with van der Waals surface area (Å²) in [4.78, 5) is 15.0. The van der Waals surface area contributed by atoms with E-state index in [0.29, 0.717) is 6.54 Å². The smallest absolute Gasteiger partial charge is 0.233 e. The Morgan fingerprint density at radius 1 is 1.35 bits per heavy atom. The zero-order valence-electron chi connectivity index (χ0n) is 13.0. The third-order valence-corrected chi connectivity index (χ3v) is 5.39. The Bertz CT molecular complexity index is 635. The van der Waals surface area contributed by atoms with Crippen LogP contribution in [0, 0.1) is 5.82 Å². The second-order valence-electron chi connectivity index (χ2n) is 5.60. The summed E-state index contributed by atoms with van der Waals surface area (Å²) in [5.41, 5.74) is 0. The van der Waals surface area contributed by atoms with Crippen molar-refractivity contribution in [1.82, 2.24) is 9.62 Å². The van der Waals surface area contributed by atoms with Crippen LogP contribution < -0.4 is 4.72 Å². The highest BCUT2D eigenvalue weighted by molar-refractivity contribution is 8.00. The average Bonchev–Trinajstić information content (AvgIpc) is 2.52. The largest absolute Gasteiger partial charge is 0.338 e. The van der Waals surface area contributed by atoms with Crippen molar-refractivity contribution in [2.45, 2.75) is 30.2 Å². The monoisotopic (exact) mass is 360 g/mol. The molecule has 0 bridgehead atoms. The fourth-order valence-corrected chi connectivity index (χ4v) is 3.83. The number of halogens is 1. The van der Waals surface area contributed by atoms with E-state index in [9.17, 15) is 17.6 Å². The molecule has 0 spiro atoms. The minimum absolute atomic E-state index is 0.0145. The molecule has 1 aliphatic heterocycles. The fourth-order valence-electron chi connectivity index (χ4n) is 2.55.